The van der Waals surface area contributed by atoms with Crippen molar-refractivity contribution in [1.29, 1.82) is 0 Å². The average Bonchev–Trinajstić information content (AvgIpc) is 2.95. The molecule has 108 valence electrons. The Hall–Kier alpha value is -1.51. The van der Waals surface area contributed by atoms with Crippen molar-refractivity contribution in [3.8, 4) is 0 Å². The van der Waals surface area contributed by atoms with E-state index in [1.807, 2.05) is 12.3 Å². The first-order valence-electron chi connectivity index (χ1n) is 5.96. The van der Waals surface area contributed by atoms with E-state index in [4.69, 9.17) is 0 Å². The molecule has 0 saturated heterocycles. The lowest BCUT2D eigenvalue weighted by atomic mass is 10.3. The second-order valence-electron chi connectivity index (χ2n) is 4.49. The smallest absolute Gasteiger partial charge is 0.304 e. The molecule has 2 rings (SSSR count). The highest BCUT2D eigenvalue weighted by atomic mass is 32.1. The summed E-state index contributed by atoms with van der Waals surface area (Å²) in [6.07, 6.45) is -0.706. The molecule has 0 spiro atoms. The van der Waals surface area contributed by atoms with Crippen LogP contribution in [0.2, 0.25) is 0 Å². The van der Waals surface area contributed by atoms with Gasteiger partial charge in [0.1, 0.15) is 0 Å². The molecule has 20 heavy (non-hydrogen) atoms. The van der Waals surface area contributed by atoms with Crippen LogP contribution in [0.15, 0.2) is 11.4 Å². The van der Waals surface area contributed by atoms with Crippen LogP contribution < -0.4 is 4.90 Å². The summed E-state index contributed by atoms with van der Waals surface area (Å²) in [4.78, 5) is 17.4. The Labute approximate surface area is 124 Å². The van der Waals surface area contributed by atoms with E-state index in [0.717, 1.165) is 10.7 Å². The fourth-order valence-electron chi connectivity index (χ4n) is 1.80. The quantitative estimate of drug-likeness (QED) is 0.677. The first-order valence-corrected chi connectivity index (χ1v) is 7.66. The standard InChI is InChI=1S/C12H15N3O3S2/c1-7(16)11-4-10(15(17)18)12(20-11)14(3)5-9-6-19-8(2)13-9/h4,6-7,16H,5H2,1-3H3/t7-/m0/s1. The lowest BCUT2D eigenvalue weighted by molar-refractivity contribution is -0.383. The van der Waals surface area contributed by atoms with Crippen molar-refractivity contribution >= 4 is 33.4 Å². The fraction of sp³-hybridized carbons (Fsp3) is 0.417. The van der Waals surface area contributed by atoms with E-state index in [0.29, 0.717) is 16.4 Å². The van der Waals surface area contributed by atoms with Gasteiger partial charge in [0, 0.05) is 23.4 Å². The maximum atomic E-state index is 11.1. The van der Waals surface area contributed by atoms with E-state index in [-0.39, 0.29) is 5.69 Å². The van der Waals surface area contributed by atoms with Gasteiger partial charge in [-0.25, -0.2) is 4.98 Å². The molecule has 0 amide bonds. The molecule has 0 radical (unpaired) electrons. The van der Waals surface area contributed by atoms with E-state index in [1.54, 1.807) is 30.2 Å². The predicted octanol–water partition coefficient (Wildman–Crippen LogP) is 3.11. The summed E-state index contributed by atoms with van der Waals surface area (Å²) in [6.45, 7) is 4.03. The van der Waals surface area contributed by atoms with Gasteiger partial charge in [0.05, 0.1) is 28.3 Å². The Balaban J connectivity index is 2.28. The molecule has 1 atom stereocenters. The number of aliphatic hydroxyl groups excluding tert-OH is 1. The SMILES string of the molecule is Cc1nc(CN(C)c2sc([C@H](C)O)cc2[N+](=O)[O-])cs1. The van der Waals surface area contributed by atoms with Crippen LogP contribution in [0.25, 0.3) is 0 Å². The zero-order valence-corrected chi connectivity index (χ0v) is 13.0. The Morgan fingerprint density at radius 2 is 2.30 bits per heavy atom. The van der Waals surface area contributed by atoms with Crippen molar-refractivity contribution in [2.45, 2.75) is 26.5 Å². The van der Waals surface area contributed by atoms with Gasteiger partial charge in [-0.1, -0.05) is 0 Å². The van der Waals surface area contributed by atoms with Gasteiger partial charge < -0.3 is 10.0 Å². The molecule has 0 fully saturated rings. The Morgan fingerprint density at radius 3 is 2.80 bits per heavy atom. The second-order valence-corrected chi connectivity index (χ2v) is 6.61. The summed E-state index contributed by atoms with van der Waals surface area (Å²) in [7, 11) is 1.79. The summed E-state index contributed by atoms with van der Waals surface area (Å²) in [5, 5.41) is 24.1. The first-order chi connectivity index (χ1) is 9.38. The number of hydrogen-bond donors (Lipinski definition) is 1. The number of thiazole rings is 1. The van der Waals surface area contributed by atoms with Gasteiger partial charge >= 0.3 is 5.69 Å². The number of thiophene rings is 1. The van der Waals surface area contributed by atoms with E-state index in [9.17, 15) is 15.2 Å². The molecule has 0 aliphatic carbocycles. The highest BCUT2D eigenvalue weighted by molar-refractivity contribution is 7.16. The summed E-state index contributed by atoms with van der Waals surface area (Å²) < 4.78 is 0. The topological polar surface area (TPSA) is 79.5 Å². The number of aryl methyl sites for hydroxylation is 1. The highest BCUT2D eigenvalue weighted by Crippen LogP contribution is 2.40. The van der Waals surface area contributed by atoms with Gasteiger partial charge in [0.15, 0.2) is 5.00 Å². The largest absolute Gasteiger partial charge is 0.388 e. The minimum atomic E-state index is -0.706. The van der Waals surface area contributed by atoms with E-state index in [1.165, 1.54) is 17.4 Å². The summed E-state index contributed by atoms with van der Waals surface area (Å²) in [5.41, 5.74) is 0.914. The monoisotopic (exact) mass is 313 g/mol. The van der Waals surface area contributed by atoms with Crippen molar-refractivity contribution in [2.75, 3.05) is 11.9 Å². The molecule has 0 aliphatic rings. The maximum absolute atomic E-state index is 11.1. The molecule has 2 aromatic rings. The number of aliphatic hydroxyl groups is 1. The summed E-state index contributed by atoms with van der Waals surface area (Å²) in [5.74, 6) is 0. The van der Waals surface area contributed by atoms with Crippen LogP contribution >= 0.6 is 22.7 Å². The van der Waals surface area contributed by atoms with E-state index in [2.05, 4.69) is 4.98 Å². The Morgan fingerprint density at radius 1 is 1.60 bits per heavy atom. The van der Waals surface area contributed by atoms with Crippen LogP contribution in [-0.4, -0.2) is 22.1 Å². The van der Waals surface area contributed by atoms with E-state index >= 15 is 0 Å². The van der Waals surface area contributed by atoms with Crippen molar-refractivity contribution in [3.05, 3.63) is 37.1 Å². The van der Waals surface area contributed by atoms with Gasteiger partial charge in [-0.2, -0.15) is 0 Å². The number of aromatic nitrogens is 1. The van der Waals surface area contributed by atoms with Crippen molar-refractivity contribution in [1.82, 2.24) is 4.98 Å². The number of nitrogens with zero attached hydrogens (tertiary/aromatic N) is 3. The molecular formula is C12H15N3O3S2. The molecule has 0 unspecified atom stereocenters. The number of anilines is 1. The minimum absolute atomic E-state index is 0.0281. The third-order valence-electron chi connectivity index (χ3n) is 2.73. The lowest BCUT2D eigenvalue weighted by Crippen LogP contribution is -2.16. The Bertz CT molecular complexity index is 621. The molecule has 2 heterocycles. The van der Waals surface area contributed by atoms with Crippen LogP contribution in [0.5, 0.6) is 0 Å². The van der Waals surface area contributed by atoms with Crippen molar-refractivity contribution in [2.24, 2.45) is 0 Å². The van der Waals surface area contributed by atoms with Crippen molar-refractivity contribution in [3.63, 3.8) is 0 Å². The van der Waals surface area contributed by atoms with Crippen LogP contribution in [0.3, 0.4) is 0 Å². The van der Waals surface area contributed by atoms with Crippen LogP contribution in [0, 0.1) is 17.0 Å². The molecule has 6 nitrogen and oxygen atoms in total. The molecular weight excluding hydrogens is 298 g/mol. The van der Waals surface area contributed by atoms with Gasteiger partial charge in [0.25, 0.3) is 0 Å². The van der Waals surface area contributed by atoms with Crippen LogP contribution in [-0.2, 0) is 6.54 Å². The molecule has 0 bridgehead atoms. The average molecular weight is 313 g/mol. The van der Waals surface area contributed by atoms with Crippen molar-refractivity contribution < 1.29 is 10.0 Å². The zero-order valence-electron chi connectivity index (χ0n) is 11.4. The summed E-state index contributed by atoms with van der Waals surface area (Å²) in [6, 6.07) is 1.44. The fourth-order valence-corrected chi connectivity index (χ4v) is 3.42. The molecule has 8 heteroatoms. The molecule has 2 aromatic heterocycles. The van der Waals surface area contributed by atoms with Gasteiger partial charge in [-0.3, -0.25) is 10.1 Å². The maximum Gasteiger partial charge on any atom is 0.304 e. The van der Waals surface area contributed by atoms with E-state index < -0.39 is 11.0 Å². The number of rotatable bonds is 5. The van der Waals surface area contributed by atoms with Crippen LogP contribution in [0.4, 0.5) is 10.7 Å². The number of nitro groups is 1. The molecule has 0 aliphatic heterocycles. The molecule has 0 aromatic carbocycles. The lowest BCUT2D eigenvalue weighted by Gasteiger charge is -2.15. The van der Waals surface area contributed by atoms with Gasteiger partial charge in [0.2, 0.25) is 0 Å². The third-order valence-corrected chi connectivity index (χ3v) is 4.96. The summed E-state index contributed by atoms with van der Waals surface area (Å²) >= 11 is 2.79. The first kappa shape index (κ1) is 14.9. The Kier molecular flexibility index (Phi) is 4.36. The third kappa shape index (κ3) is 3.14. The minimum Gasteiger partial charge on any atom is -0.388 e. The predicted molar refractivity (Wildman–Crippen MR) is 80.6 cm³/mol. The second kappa shape index (κ2) is 5.86. The van der Waals surface area contributed by atoms with Gasteiger partial charge in [-0.15, -0.1) is 22.7 Å². The normalized spacial score (nSPS) is 12.4. The van der Waals surface area contributed by atoms with Gasteiger partial charge in [-0.05, 0) is 13.8 Å². The molecule has 1 N–H and O–H groups in total. The van der Waals surface area contributed by atoms with Crippen LogP contribution in [0.1, 0.15) is 28.6 Å². The number of hydrogen-bond acceptors (Lipinski definition) is 7. The molecule has 0 saturated carbocycles. The highest BCUT2D eigenvalue weighted by Gasteiger charge is 2.24. The zero-order chi connectivity index (χ0) is 14.9.